The number of nitrogens with one attached hydrogen (secondary N) is 1. The van der Waals surface area contributed by atoms with Gasteiger partial charge in [-0.2, -0.15) is 0 Å². The van der Waals surface area contributed by atoms with Crippen LogP contribution in [0.15, 0.2) is 12.1 Å². The molecule has 0 aliphatic carbocycles. The maximum Gasteiger partial charge on any atom is 0.166 e. The van der Waals surface area contributed by atoms with Crippen LogP contribution in [0.2, 0.25) is 0 Å². The Hall–Kier alpha value is -0.780. The predicted octanol–water partition coefficient (Wildman–Crippen LogP) is 1.87. The van der Waals surface area contributed by atoms with Crippen LogP contribution in [-0.2, 0) is 0 Å². The quantitative estimate of drug-likeness (QED) is 0.566. The minimum absolute atomic E-state index is 0.180. The molecular formula is C9H9IN2O. The Balaban J connectivity index is 2.63. The summed E-state index contributed by atoms with van der Waals surface area (Å²) in [5.41, 5.74) is 7.98. The molecule has 1 heterocycles. The number of hydrogen-bond donors (Lipinski definition) is 2. The first kappa shape index (κ1) is 8.80. The SMILES string of the molecule is Nc1cc(I)cc2c1NCCC2=O. The zero-order valence-corrected chi connectivity index (χ0v) is 9.09. The molecule has 0 unspecified atom stereocenters. The van der Waals surface area contributed by atoms with Crippen molar-refractivity contribution in [2.45, 2.75) is 6.42 Å². The standard InChI is InChI=1S/C9H9IN2O/c10-5-3-6-8(13)1-2-12-9(6)7(11)4-5/h3-4,12H,1-2,11H2. The third-order valence-corrected chi connectivity index (χ3v) is 2.71. The number of Topliss-reactive ketones (excluding diaryl/α,β-unsaturated/α-hetero) is 1. The topological polar surface area (TPSA) is 55.1 Å². The lowest BCUT2D eigenvalue weighted by Crippen LogP contribution is -2.19. The first-order valence-corrected chi connectivity index (χ1v) is 5.12. The highest BCUT2D eigenvalue weighted by Gasteiger charge is 2.18. The van der Waals surface area contributed by atoms with Crippen molar-refractivity contribution in [2.24, 2.45) is 0 Å². The van der Waals surface area contributed by atoms with Gasteiger partial charge < -0.3 is 11.1 Å². The molecule has 1 aliphatic heterocycles. The summed E-state index contributed by atoms with van der Waals surface area (Å²) >= 11 is 2.16. The van der Waals surface area contributed by atoms with E-state index in [-0.39, 0.29) is 5.78 Å². The summed E-state index contributed by atoms with van der Waals surface area (Å²) < 4.78 is 1.01. The smallest absolute Gasteiger partial charge is 0.166 e. The molecule has 0 radical (unpaired) electrons. The lowest BCUT2D eigenvalue weighted by atomic mass is 10.0. The second kappa shape index (κ2) is 3.17. The van der Waals surface area contributed by atoms with E-state index in [1.807, 2.05) is 12.1 Å². The summed E-state index contributed by atoms with van der Waals surface area (Å²) in [5, 5.41) is 3.14. The normalized spacial score (nSPS) is 15.0. The molecule has 4 heteroatoms. The Morgan fingerprint density at radius 3 is 3.00 bits per heavy atom. The number of benzene rings is 1. The Kier molecular flexibility index (Phi) is 2.15. The van der Waals surface area contributed by atoms with Crippen LogP contribution in [0, 0.1) is 3.57 Å². The lowest BCUT2D eigenvalue weighted by Gasteiger charge is -2.18. The van der Waals surface area contributed by atoms with Crippen LogP contribution in [0.4, 0.5) is 11.4 Å². The molecule has 0 saturated carbocycles. The zero-order valence-electron chi connectivity index (χ0n) is 6.93. The molecule has 0 spiro atoms. The number of fused-ring (bicyclic) bond motifs is 1. The van der Waals surface area contributed by atoms with Crippen molar-refractivity contribution in [3.8, 4) is 0 Å². The summed E-state index contributed by atoms with van der Waals surface area (Å²) in [4.78, 5) is 11.5. The molecular weight excluding hydrogens is 279 g/mol. The fraction of sp³-hybridized carbons (Fsp3) is 0.222. The predicted molar refractivity (Wildman–Crippen MR) is 61.0 cm³/mol. The third kappa shape index (κ3) is 1.50. The third-order valence-electron chi connectivity index (χ3n) is 2.09. The van der Waals surface area contributed by atoms with Crippen LogP contribution in [-0.4, -0.2) is 12.3 Å². The Bertz CT molecular complexity index is 376. The number of ketones is 1. The number of anilines is 2. The van der Waals surface area contributed by atoms with Gasteiger partial charge in [0.25, 0.3) is 0 Å². The molecule has 1 aromatic carbocycles. The van der Waals surface area contributed by atoms with Crippen molar-refractivity contribution in [2.75, 3.05) is 17.6 Å². The van der Waals surface area contributed by atoms with Crippen molar-refractivity contribution in [1.82, 2.24) is 0 Å². The van der Waals surface area contributed by atoms with Crippen molar-refractivity contribution in [3.05, 3.63) is 21.3 Å². The van der Waals surface area contributed by atoms with Crippen molar-refractivity contribution in [3.63, 3.8) is 0 Å². The number of nitrogens with two attached hydrogens (primary N) is 1. The number of carbonyl (C=O) groups is 1. The lowest BCUT2D eigenvalue weighted by molar-refractivity contribution is 0.0983. The molecule has 3 nitrogen and oxygen atoms in total. The first-order chi connectivity index (χ1) is 6.18. The fourth-order valence-corrected chi connectivity index (χ4v) is 2.13. The molecule has 13 heavy (non-hydrogen) atoms. The number of halogens is 1. The molecule has 0 fully saturated rings. The molecule has 0 saturated heterocycles. The van der Waals surface area contributed by atoms with Gasteiger partial charge in [-0.1, -0.05) is 0 Å². The van der Waals surface area contributed by atoms with E-state index in [4.69, 9.17) is 5.73 Å². The van der Waals surface area contributed by atoms with Gasteiger partial charge in [-0.3, -0.25) is 4.79 Å². The van der Waals surface area contributed by atoms with Crippen LogP contribution >= 0.6 is 22.6 Å². The molecule has 1 aromatic rings. The summed E-state index contributed by atoms with van der Waals surface area (Å²) in [5.74, 6) is 0.180. The van der Waals surface area contributed by atoms with Crippen LogP contribution < -0.4 is 11.1 Å². The molecule has 0 amide bonds. The molecule has 0 bridgehead atoms. The number of hydrogen-bond acceptors (Lipinski definition) is 3. The Morgan fingerprint density at radius 2 is 2.23 bits per heavy atom. The van der Waals surface area contributed by atoms with E-state index in [0.717, 1.165) is 14.8 Å². The Morgan fingerprint density at radius 1 is 1.46 bits per heavy atom. The first-order valence-electron chi connectivity index (χ1n) is 4.04. The minimum Gasteiger partial charge on any atom is -0.397 e. The molecule has 0 atom stereocenters. The van der Waals surface area contributed by atoms with Crippen molar-refractivity contribution in [1.29, 1.82) is 0 Å². The molecule has 2 rings (SSSR count). The second-order valence-electron chi connectivity index (χ2n) is 3.02. The van der Waals surface area contributed by atoms with Crippen LogP contribution in [0.3, 0.4) is 0 Å². The molecule has 3 N–H and O–H groups in total. The van der Waals surface area contributed by atoms with Crippen LogP contribution in [0.5, 0.6) is 0 Å². The maximum atomic E-state index is 11.5. The Labute approximate surface area is 89.8 Å². The highest BCUT2D eigenvalue weighted by molar-refractivity contribution is 14.1. The van der Waals surface area contributed by atoms with Gasteiger partial charge in [0.05, 0.1) is 11.4 Å². The van der Waals surface area contributed by atoms with Gasteiger partial charge in [-0.15, -0.1) is 0 Å². The highest BCUT2D eigenvalue weighted by Crippen LogP contribution is 2.29. The maximum absolute atomic E-state index is 11.5. The zero-order chi connectivity index (χ0) is 9.42. The van der Waals surface area contributed by atoms with E-state index in [1.54, 1.807) is 0 Å². The van der Waals surface area contributed by atoms with Gasteiger partial charge in [-0.05, 0) is 34.7 Å². The minimum atomic E-state index is 0.180. The summed E-state index contributed by atoms with van der Waals surface area (Å²) in [6, 6.07) is 3.74. The van der Waals surface area contributed by atoms with Gasteiger partial charge in [0.2, 0.25) is 0 Å². The molecule has 1 aliphatic rings. The largest absolute Gasteiger partial charge is 0.397 e. The summed E-state index contributed by atoms with van der Waals surface area (Å²) in [7, 11) is 0. The van der Waals surface area contributed by atoms with E-state index < -0.39 is 0 Å². The van der Waals surface area contributed by atoms with Crippen molar-refractivity contribution < 1.29 is 4.79 Å². The number of carbonyl (C=O) groups excluding carboxylic acids is 1. The van der Waals surface area contributed by atoms with E-state index in [0.29, 0.717) is 18.7 Å². The van der Waals surface area contributed by atoms with Gasteiger partial charge in [0, 0.05) is 22.1 Å². The number of rotatable bonds is 0. The van der Waals surface area contributed by atoms with Crippen LogP contribution in [0.1, 0.15) is 16.8 Å². The van der Waals surface area contributed by atoms with Crippen molar-refractivity contribution >= 4 is 39.7 Å². The summed E-state index contributed by atoms with van der Waals surface area (Å²) in [6.07, 6.45) is 0.562. The summed E-state index contributed by atoms with van der Waals surface area (Å²) in [6.45, 7) is 0.691. The average Bonchev–Trinajstić information content (AvgIpc) is 2.07. The van der Waals surface area contributed by atoms with Gasteiger partial charge in [-0.25, -0.2) is 0 Å². The van der Waals surface area contributed by atoms with E-state index in [9.17, 15) is 4.79 Å². The highest BCUT2D eigenvalue weighted by atomic mass is 127. The monoisotopic (exact) mass is 288 g/mol. The molecule has 68 valence electrons. The van der Waals surface area contributed by atoms with E-state index in [2.05, 4.69) is 27.9 Å². The van der Waals surface area contributed by atoms with E-state index >= 15 is 0 Å². The van der Waals surface area contributed by atoms with E-state index in [1.165, 1.54) is 0 Å². The van der Waals surface area contributed by atoms with Crippen LogP contribution in [0.25, 0.3) is 0 Å². The van der Waals surface area contributed by atoms with Gasteiger partial charge >= 0.3 is 0 Å². The fourth-order valence-electron chi connectivity index (χ4n) is 1.48. The van der Waals surface area contributed by atoms with Gasteiger partial charge in [0.15, 0.2) is 5.78 Å². The number of nitrogen functional groups attached to an aromatic ring is 1. The average molecular weight is 288 g/mol. The van der Waals surface area contributed by atoms with Gasteiger partial charge in [0.1, 0.15) is 0 Å². The molecule has 0 aromatic heterocycles. The second-order valence-corrected chi connectivity index (χ2v) is 4.26.